The average molecular weight is 490 g/mol. The molecule has 1 aromatic carbocycles. The van der Waals surface area contributed by atoms with Gasteiger partial charge in [0.15, 0.2) is 0 Å². The third-order valence-electron chi connectivity index (χ3n) is 4.85. The van der Waals surface area contributed by atoms with Crippen LogP contribution in [-0.4, -0.2) is 25.8 Å². The van der Waals surface area contributed by atoms with Crippen molar-refractivity contribution < 1.29 is 14.2 Å². The third kappa shape index (κ3) is 8.38. The van der Waals surface area contributed by atoms with Crippen molar-refractivity contribution in [2.24, 2.45) is 0 Å². The number of ether oxygens (including phenoxy) is 3. The molecular weight excluding hydrogens is 451 g/mol. The molecule has 0 spiro atoms. The van der Waals surface area contributed by atoms with Gasteiger partial charge in [0.25, 0.3) is 5.97 Å². The summed E-state index contributed by atoms with van der Waals surface area (Å²) in [5, 5.41) is 0. The quantitative estimate of drug-likeness (QED) is 0.106. The standard InChI is InChI=1S/C23H39IO3/c1-5-9-10-11-12-13-14-22(21-17-15-20(19-24)16-18-21)23(25-6-2,26-7-3)27-8-4/h15-18,22H,5-14,19H2,1-4H3. The molecule has 0 saturated carbocycles. The van der Waals surface area contributed by atoms with Crippen LogP contribution >= 0.6 is 22.6 Å². The Bertz CT molecular complexity index is 458. The molecule has 0 aliphatic rings. The Labute approximate surface area is 180 Å². The highest BCUT2D eigenvalue weighted by Gasteiger charge is 2.42. The van der Waals surface area contributed by atoms with E-state index in [1.807, 2.05) is 20.8 Å². The summed E-state index contributed by atoms with van der Waals surface area (Å²) in [4.78, 5) is 0. The monoisotopic (exact) mass is 490 g/mol. The maximum Gasteiger partial charge on any atom is 0.290 e. The largest absolute Gasteiger partial charge is 0.327 e. The first-order valence-electron chi connectivity index (χ1n) is 10.7. The molecule has 0 bridgehead atoms. The number of rotatable bonds is 16. The zero-order chi connectivity index (χ0) is 20.0. The summed E-state index contributed by atoms with van der Waals surface area (Å²) in [6.07, 6.45) is 8.68. The van der Waals surface area contributed by atoms with Gasteiger partial charge in [-0.15, -0.1) is 0 Å². The van der Waals surface area contributed by atoms with Crippen LogP contribution in [0.1, 0.15) is 89.7 Å². The lowest BCUT2D eigenvalue weighted by Crippen LogP contribution is -2.45. The van der Waals surface area contributed by atoms with Gasteiger partial charge < -0.3 is 14.2 Å². The summed E-state index contributed by atoms with van der Waals surface area (Å²) >= 11 is 2.40. The zero-order valence-electron chi connectivity index (χ0n) is 17.8. The van der Waals surface area contributed by atoms with E-state index >= 15 is 0 Å². The number of benzene rings is 1. The topological polar surface area (TPSA) is 27.7 Å². The van der Waals surface area contributed by atoms with Crippen LogP contribution in [0.2, 0.25) is 0 Å². The lowest BCUT2D eigenvalue weighted by atomic mass is 9.89. The smallest absolute Gasteiger partial charge is 0.290 e. The molecular formula is C23H39IO3. The molecule has 1 rings (SSSR count). The number of hydrogen-bond donors (Lipinski definition) is 0. The van der Waals surface area contributed by atoms with E-state index < -0.39 is 5.97 Å². The highest BCUT2D eigenvalue weighted by atomic mass is 127. The number of alkyl halides is 1. The predicted molar refractivity (Wildman–Crippen MR) is 123 cm³/mol. The number of halogens is 1. The van der Waals surface area contributed by atoms with Crippen molar-refractivity contribution in [1.82, 2.24) is 0 Å². The van der Waals surface area contributed by atoms with Gasteiger partial charge in [-0.3, -0.25) is 0 Å². The lowest BCUT2D eigenvalue weighted by Gasteiger charge is -2.39. The molecule has 0 aliphatic carbocycles. The van der Waals surface area contributed by atoms with Crippen molar-refractivity contribution in [3.63, 3.8) is 0 Å². The molecule has 0 aromatic heterocycles. The van der Waals surface area contributed by atoms with E-state index in [4.69, 9.17) is 14.2 Å². The van der Waals surface area contributed by atoms with Crippen LogP contribution in [0.25, 0.3) is 0 Å². The summed E-state index contributed by atoms with van der Waals surface area (Å²) < 4.78 is 19.4. The zero-order valence-corrected chi connectivity index (χ0v) is 19.9. The van der Waals surface area contributed by atoms with E-state index in [0.29, 0.717) is 19.8 Å². The fraction of sp³-hybridized carbons (Fsp3) is 0.739. The second kappa shape index (κ2) is 14.8. The van der Waals surface area contributed by atoms with Crippen LogP contribution in [-0.2, 0) is 18.6 Å². The minimum atomic E-state index is -0.993. The van der Waals surface area contributed by atoms with Gasteiger partial charge in [-0.05, 0) is 38.3 Å². The van der Waals surface area contributed by atoms with Gasteiger partial charge in [0.1, 0.15) is 0 Å². The molecule has 0 saturated heterocycles. The van der Waals surface area contributed by atoms with E-state index in [2.05, 4.69) is 53.8 Å². The molecule has 27 heavy (non-hydrogen) atoms. The van der Waals surface area contributed by atoms with Crippen molar-refractivity contribution in [2.45, 2.75) is 89.0 Å². The maximum atomic E-state index is 6.13. The first-order chi connectivity index (χ1) is 13.2. The molecule has 4 heteroatoms. The van der Waals surface area contributed by atoms with Gasteiger partial charge in [-0.25, -0.2) is 0 Å². The van der Waals surface area contributed by atoms with Crippen LogP contribution in [0.4, 0.5) is 0 Å². The Morgan fingerprint density at radius 2 is 1.30 bits per heavy atom. The van der Waals surface area contributed by atoms with Crippen molar-refractivity contribution in [1.29, 1.82) is 0 Å². The third-order valence-corrected chi connectivity index (χ3v) is 5.73. The molecule has 1 atom stereocenters. The van der Waals surface area contributed by atoms with Crippen molar-refractivity contribution >= 4 is 22.6 Å². The van der Waals surface area contributed by atoms with Crippen molar-refractivity contribution in [3.05, 3.63) is 35.4 Å². The highest BCUT2D eigenvalue weighted by molar-refractivity contribution is 14.1. The Morgan fingerprint density at radius 3 is 1.78 bits per heavy atom. The van der Waals surface area contributed by atoms with Gasteiger partial charge >= 0.3 is 0 Å². The minimum absolute atomic E-state index is 0.0757. The first-order valence-corrected chi connectivity index (χ1v) is 12.3. The van der Waals surface area contributed by atoms with Crippen LogP contribution in [0, 0.1) is 0 Å². The van der Waals surface area contributed by atoms with Gasteiger partial charge in [0.2, 0.25) is 0 Å². The summed E-state index contributed by atoms with van der Waals surface area (Å²) in [5.41, 5.74) is 2.58. The van der Waals surface area contributed by atoms with Crippen molar-refractivity contribution in [2.75, 3.05) is 19.8 Å². The van der Waals surface area contributed by atoms with Gasteiger partial charge in [-0.2, -0.15) is 0 Å². The number of hydrogen-bond acceptors (Lipinski definition) is 3. The van der Waals surface area contributed by atoms with Crippen LogP contribution in [0.5, 0.6) is 0 Å². The minimum Gasteiger partial charge on any atom is -0.327 e. The molecule has 0 heterocycles. The second-order valence-corrected chi connectivity index (χ2v) is 7.65. The molecule has 1 aromatic rings. The summed E-state index contributed by atoms with van der Waals surface area (Å²) in [6.45, 7) is 9.99. The average Bonchev–Trinajstić information content (AvgIpc) is 2.68. The molecule has 0 aliphatic heterocycles. The van der Waals surface area contributed by atoms with Crippen LogP contribution < -0.4 is 0 Å². The van der Waals surface area contributed by atoms with Gasteiger partial charge in [0.05, 0.1) is 5.92 Å². The summed E-state index contributed by atoms with van der Waals surface area (Å²) in [6, 6.07) is 8.87. The molecule has 0 radical (unpaired) electrons. The molecule has 0 fully saturated rings. The van der Waals surface area contributed by atoms with E-state index in [1.165, 1.54) is 43.2 Å². The highest BCUT2D eigenvalue weighted by Crippen LogP contribution is 2.38. The summed E-state index contributed by atoms with van der Waals surface area (Å²) in [7, 11) is 0. The lowest BCUT2D eigenvalue weighted by molar-refractivity contribution is -0.389. The normalized spacial score (nSPS) is 13.1. The second-order valence-electron chi connectivity index (χ2n) is 6.89. The van der Waals surface area contributed by atoms with Gasteiger partial charge in [0, 0.05) is 24.2 Å². The van der Waals surface area contributed by atoms with Crippen molar-refractivity contribution in [3.8, 4) is 0 Å². The molecule has 0 N–H and O–H groups in total. The fourth-order valence-corrected chi connectivity index (χ4v) is 4.05. The Hall–Kier alpha value is -0.170. The Kier molecular flexibility index (Phi) is 13.6. The maximum absolute atomic E-state index is 6.13. The molecule has 1 unspecified atom stereocenters. The Morgan fingerprint density at radius 1 is 0.778 bits per heavy atom. The molecule has 156 valence electrons. The number of unbranched alkanes of at least 4 members (excludes halogenated alkanes) is 5. The van der Waals surface area contributed by atoms with Crippen LogP contribution in [0.3, 0.4) is 0 Å². The fourth-order valence-electron chi connectivity index (χ4n) is 3.55. The van der Waals surface area contributed by atoms with E-state index in [9.17, 15) is 0 Å². The SMILES string of the molecule is CCCCCCCCC(c1ccc(CI)cc1)C(OCC)(OCC)OCC. The van der Waals surface area contributed by atoms with Crippen LogP contribution in [0.15, 0.2) is 24.3 Å². The Balaban J connectivity index is 3.00. The molecule has 0 amide bonds. The van der Waals surface area contributed by atoms with E-state index in [-0.39, 0.29) is 5.92 Å². The predicted octanol–water partition coefficient (Wildman–Crippen LogP) is 7.22. The van der Waals surface area contributed by atoms with E-state index in [1.54, 1.807) is 0 Å². The van der Waals surface area contributed by atoms with Gasteiger partial charge in [-0.1, -0.05) is 92.3 Å². The van der Waals surface area contributed by atoms with E-state index in [0.717, 1.165) is 17.3 Å². The first kappa shape index (κ1) is 24.9. The molecule has 3 nitrogen and oxygen atoms in total. The summed E-state index contributed by atoms with van der Waals surface area (Å²) in [5.74, 6) is -0.917.